The Kier molecular flexibility index (Phi) is 6.26. The van der Waals surface area contributed by atoms with Crippen molar-refractivity contribution >= 4 is 38.3 Å². The maximum absolute atomic E-state index is 13.5. The molecule has 31 heavy (non-hydrogen) atoms. The number of nitro benzene ring substituents is 1. The van der Waals surface area contributed by atoms with Gasteiger partial charge >= 0.3 is 0 Å². The standard InChI is InChI=1S/C22H24N4O4S/c1-15-6-7-16(2)20-19(15)23-22(31-20)25(9-8-24-10-12-30-13-11-24)21(27)17-4-3-5-18(14-17)26(28)29/h3-7,14H,8-13H2,1-2H3. The van der Waals surface area contributed by atoms with E-state index in [1.165, 1.54) is 29.5 Å². The van der Waals surface area contributed by atoms with Gasteiger partial charge in [-0.2, -0.15) is 0 Å². The molecule has 0 unspecified atom stereocenters. The number of ether oxygens (including phenoxy) is 1. The number of hydrogen-bond acceptors (Lipinski definition) is 7. The number of hydrogen-bond donors (Lipinski definition) is 0. The van der Waals surface area contributed by atoms with Gasteiger partial charge in [0.15, 0.2) is 5.13 Å². The lowest BCUT2D eigenvalue weighted by Gasteiger charge is -2.29. The minimum Gasteiger partial charge on any atom is -0.379 e. The van der Waals surface area contributed by atoms with E-state index in [-0.39, 0.29) is 17.2 Å². The van der Waals surface area contributed by atoms with Gasteiger partial charge in [-0.3, -0.25) is 24.7 Å². The predicted octanol–water partition coefficient (Wildman–Crippen LogP) is 3.80. The number of carbonyl (C=O) groups is 1. The van der Waals surface area contributed by atoms with E-state index in [4.69, 9.17) is 9.72 Å². The molecule has 1 saturated heterocycles. The Morgan fingerprint density at radius 2 is 1.97 bits per heavy atom. The molecule has 0 saturated carbocycles. The van der Waals surface area contributed by atoms with Crippen molar-refractivity contribution in [3.63, 3.8) is 0 Å². The van der Waals surface area contributed by atoms with E-state index in [1.54, 1.807) is 11.0 Å². The highest BCUT2D eigenvalue weighted by atomic mass is 32.1. The molecule has 8 nitrogen and oxygen atoms in total. The predicted molar refractivity (Wildman–Crippen MR) is 121 cm³/mol. The first-order valence-electron chi connectivity index (χ1n) is 10.2. The van der Waals surface area contributed by atoms with Crippen molar-refractivity contribution in [1.82, 2.24) is 9.88 Å². The van der Waals surface area contributed by atoms with Crippen molar-refractivity contribution < 1.29 is 14.5 Å². The molecule has 0 aliphatic carbocycles. The fourth-order valence-corrected chi connectivity index (χ4v) is 4.76. The van der Waals surface area contributed by atoms with E-state index in [0.29, 0.717) is 31.4 Å². The second kappa shape index (κ2) is 9.09. The number of nitrogens with zero attached hydrogens (tertiary/aromatic N) is 4. The molecule has 1 amide bonds. The topological polar surface area (TPSA) is 88.8 Å². The average Bonchev–Trinajstić information content (AvgIpc) is 3.24. The van der Waals surface area contributed by atoms with Gasteiger partial charge in [-0.15, -0.1) is 0 Å². The van der Waals surface area contributed by atoms with Crippen LogP contribution in [0.25, 0.3) is 10.2 Å². The van der Waals surface area contributed by atoms with Crippen LogP contribution in [0, 0.1) is 24.0 Å². The number of aromatic nitrogens is 1. The van der Waals surface area contributed by atoms with Crippen LogP contribution in [0.15, 0.2) is 36.4 Å². The summed E-state index contributed by atoms with van der Waals surface area (Å²) < 4.78 is 6.47. The average molecular weight is 441 g/mol. The lowest BCUT2D eigenvalue weighted by molar-refractivity contribution is -0.384. The number of amides is 1. The van der Waals surface area contributed by atoms with Crippen LogP contribution < -0.4 is 4.90 Å². The van der Waals surface area contributed by atoms with Gasteiger partial charge in [-0.1, -0.05) is 29.5 Å². The zero-order valence-corrected chi connectivity index (χ0v) is 18.4. The Morgan fingerprint density at radius 1 is 1.23 bits per heavy atom. The van der Waals surface area contributed by atoms with Crippen molar-refractivity contribution in [2.24, 2.45) is 0 Å². The zero-order valence-electron chi connectivity index (χ0n) is 17.5. The summed E-state index contributed by atoms with van der Waals surface area (Å²) in [6.07, 6.45) is 0. The number of aryl methyl sites for hydroxylation is 2. The monoisotopic (exact) mass is 440 g/mol. The van der Waals surface area contributed by atoms with Crippen LogP contribution in [0.5, 0.6) is 0 Å². The smallest absolute Gasteiger partial charge is 0.270 e. The molecule has 2 aromatic carbocycles. The molecule has 162 valence electrons. The summed E-state index contributed by atoms with van der Waals surface area (Å²) in [5.74, 6) is -0.286. The molecule has 9 heteroatoms. The maximum Gasteiger partial charge on any atom is 0.270 e. The first kappa shape index (κ1) is 21.4. The molecule has 1 aliphatic rings. The SMILES string of the molecule is Cc1ccc(C)c2sc(N(CCN3CCOCC3)C(=O)c3cccc([N+](=O)[O-])c3)nc12. The quantitative estimate of drug-likeness (QED) is 0.428. The number of nitro groups is 1. The largest absolute Gasteiger partial charge is 0.379 e. The number of benzene rings is 2. The number of rotatable bonds is 6. The van der Waals surface area contributed by atoms with Gasteiger partial charge in [-0.05, 0) is 31.0 Å². The van der Waals surface area contributed by atoms with E-state index < -0.39 is 4.92 Å². The molecule has 0 spiro atoms. The van der Waals surface area contributed by atoms with Crippen molar-refractivity contribution in [2.45, 2.75) is 13.8 Å². The first-order chi connectivity index (χ1) is 14.9. The summed E-state index contributed by atoms with van der Waals surface area (Å²) in [5.41, 5.74) is 3.24. The highest BCUT2D eigenvalue weighted by Gasteiger charge is 2.24. The van der Waals surface area contributed by atoms with Gasteiger partial charge < -0.3 is 4.74 Å². The Bertz CT molecular complexity index is 1080. The van der Waals surface area contributed by atoms with Crippen molar-refractivity contribution in [2.75, 3.05) is 44.3 Å². The number of non-ortho nitro benzene ring substituents is 1. The second-order valence-electron chi connectivity index (χ2n) is 7.59. The Labute approximate surface area is 184 Å². The van der Waals surface area contributed by atoms with E-state index in [0.717, 1.165) is 34.4 Å². The number of morpholine rings is 1. The normalized spacial score (nSPS) is 14.6. The molecule has 0 atom stereocenters. The van der Waals surface area contributed by atoms with Crippen LogP contribution in [0.4, 0.5) is 10.8 Å². The van der Waals surface area contributed by atoms with Crippen molar-refractivity contribution in [1.29, 1.82) is 0 Å². The Morgan fingerprint density at radius 3 is 2.68 bits per heavy atom. The molecule has 0 bridgehead atoms. The number of carbonyl (C=O) groups excluding carboxylic acids is 1. The summed E-state index contributed by atoms with van der Waals surface area (Å²) >= 11 is 1.48. The molecular formula is C22H24N4O4S. The van der Waals surface area contributed by atoms with E-state index in [9.17, 15) is 14.9 Å². The van der Waals surface area contributed by atoms with Crippen molar-refractivity contribution in [3.8, 4) is 0 Å². The summed E-state index contributed by atoms with van der Waals surface area (Å²) in [6, 6.07) is 9.95. The van der Waals surface area contributed by atoms with Gasteiger partial charge in [0.1, 0.15) is 0 Å². The zero-order chi connectivity index (χ0) is 22.0. The Balaban J connectivity index is 1.69. The molecule has 4 rings (SSSR count). The molecular weight excluding hydrogens is 416 g/mol. The third-order valence-corrected chi connectivity index (χ3v) is 6.67. The lowest BCUT2D eigenvalue weighted by Crippen LogP contribution is -2.43. The highest BCUT2D eigenvalue weighted by molar-refractivity contribution is 7.22. The van der Waals surface area contributed by atoms with Gasteiger partial charge in [0, 0.05) is 43.9 Å². The van der Waals surface area contributed by atoms with Crippen LogP contribution in [0.3, 0.4) is 0 Å². The molecule has 2 heterocycles. The first-order valence-corrected chi connectivity index (χ1v) is 11.0. The fourth-order valence-electron chi connectivity index (χ4n) is 3.62. The van der Waals surface area contributed by atoms with E-state index in [1.807, 2.05) is 19.9 Å². The van der Waals surface area contributed by atoms with Crippen molar-refractivity contribution in [3.05, 3.63) is 63.2 Å². The molecule has 1 fully saturated rings. The molecule has 1 aromatic heterocycles. The molecule has 1 aliphatic heterocycles. The van der Waals surface area contributed by atoms with Crippen LogP contribution in [-0.4, -0.2) is 60.1 Å². The molecule has 0 N–H and O–H groups in total. The maximum atomic E-state index is 13.5. The lowest BCUT2D eigenvalue weighted by atomic mass is 10.1. The van der Waals surface area contributed by atoms with E-state index >= 15 is 0 Å². The Hall–Kier alpha value is -2.88. The highest BCUT2D eigenvalue weighted by Crippen LogP contribution is 2.34. The summed E-state index contributed by atoms with van der Waals surface area (Å²) in [7, 11) is 0. The third-order valence-electron chi connectivity index (χ3n) is 5.45. The van der Waals surface area contributed by atoms with Crippen LogP contribution in [-0.2, 0) is 4.74 Å². The summed E-state index contributed by atoms with van der Waals surface area (Å²) in [4.78, 5) is 32.9. The van der Waals surface area contributed by atoms with E-state index in [2.05, 4.69) is 11.0 Å². The number of anilines is 1. The van der Waals surface area contributed by atoms with Crippen LogP contribution in [0.1, 0.15) is 21.5 Å². The second-order valence-corrected chi connectivity index (χ2v) is 8.57. The molecule has 0 radical (unpaired) electrons. The van der Waals surface area contributed by atoms with Gasteiger partial charge in [0.25, 0.3) is 11.6 Å². The minimum atomic E-state index is -0.487. The fraction of sp³-hybridized carbons (Fsp3) is 0.364. The third kappa shape index (κ3) is 4.58. The molecule has 3 aromatic rings. The van der Waals surface area contributed by atoms with Gasteiger partial charge in [-0.25, -0.2) is 4.98 Å². The van der Waals surface area contributed by atoms with Gasteiger partial charge in [0.05, 0.1) is 28.4 Å². The number of fused-ring (bicyclic) bond motifs is 1. The van der Waals surface area contributed by atoms with Gasteiger partial charge in [0.2, 0.25) is 0 Å². The van der Waals surface area contributed by atoms with Crippen LogP contribution in [0.2, 0.25) is 0 Å². The number of thiazole rings is 1. The summed E-state index contributed by atoms with van der Waals surface area (Å²) in [6.45, 7) is 8.15. The summed E-state index contributed by atoms with van der Waals surface area (Å²) in [5, 5.41) is 11.8. The minimum absolute atomic E-state index is 0.102. The van der Waals surface area contributed by atoms with Crippen LogP contribution >= 0.6 is 11.3 Å².